The summed E-state index contributed by atoms with van der Waals surface area (Å²) in [5.74, 6) is 0.733. The molecule has 3 aromatic carbocycles. The second-order valence-electron chi connectivity index (χ2n) is 8.99. The standard InChI is InChI=1S/C31H27ClN2O5S/c1-4-38-30(36)27-19(2)33-31-34(28(27)23-10-6-8-12-25(23)37-3)29(35)26(40-31)17-20-13-15-22(16-14-20)39-18-21-9-5-7-11-24(21)32/h5-17,28H,4,18H2,1-3H3/b26-17+/t28-/m1/s1. The number of allylic oxidation sites excluding steroid dienone is 1. The molecule has 0 amide bonds. The summed E-state index contributed by atoms with van der Waals surface area (Å²) in [6, 6.07) is 21.6. The SMILES string of the molecule is CCOC(=O)C1=C(C)N=c2s/c(=C/c3ccc(OCc4ccccc4Cl)cc3)c(=O)n2[C@@H]1c1ccccc1OC. The fraction of sp³-hybridized carbons (Fsp3) is 0.194. The number of carbonyl (C=O) groups is 1. The molecule has 0 spiro atoms. The van der Waals surface area contributed by atoms with Crippen LogP contribution < -0.4 is 24.4 Å². The van der Waals surface area contributed by atoms with Gasteiger partial charge in [0.05, 0.1) is 29.5 Å². The van der Waals surface area contributed by atoms with Crippen molar-refractivity contribution in [2.24, 2.45) is 4.99 Å². The number of methoxy groups -OCH3 is 1. The lowest BCUT2D eigenvalue weighted by molar-refractivity contribution is -0.139. The van der Waals surface area contributed by atoms with E-state index in [4.69, 9.17) is 25.8 Å². The van der Waals surface area contributed by atoms with E-state index in [2.05, 4.69) is 4.99 Å². The first-order valence-electron chi connectivity index (χ1n) is 12.7. The molecule has 9 heteroatoms. The molecule has 1 aromatic heterocycles. The van der Waals surface area contributed by atoms with Gasteiger partial charge in [0.2, 0.25) is 0 Å². The van der Waals surface area contributed by atoms with E-state index >= 15 is 0 Å². The van der Waals surface area contributed by atoms with Crippen molar-refractivity contribution in [2.75, 3.05) is 13.7 Å². The molecule has 40 heavy (non-hydrogen) atoms. The van der Waals surface area contributed by atoms with Gasteiger partial charge in [0, 0.05) is 16.1 Å². The molecule has 7 nitrogen and oxygen atoms in total. The normalized spacial score (nSPS) is 14.9. The highest BCUT2D eigenvalue weighted by Crippen LogP contribution is 2.35. The second kappa shape index (κ2) is 11.9. The van der Waals surface area contributed by atoms with Gasteiger partial charge >= 0.3 is 5.97 Å². The third kappa shape index (κ3) is 5.46. The van der Waals surface area contributed by atoms with E-state index in [0.717, 1.165) is 11.1 Å². The molecule has 1 aliphatic heterocycles. The third-order valence-electron chi connectivity index (χ3n) is 6.48. The summed E-state index contributed by atoms with van der Waals surface area (Å²) in [5, 5.41) is 0.655. The first kappa shape index (κ1) is 27.4. The summed E-state index contributed by atoms with van der Waals surface area (Å²) < 4.78 is 18.9. The van der Waals surface area contributed by atoms with E-state index in [1.807, 2.05) is 72.8 Å². The molecule has 204 valence electrons. The van der Waals surface area contributed by atoms with Gasteiger partial charge in [0.25, 0.3) is 5.56 Å². The number of halogens is 1. The molecule has 1 atom stereocenters. The quantitative estimate of drug-likeness (QED) is 0.276. The predicted molar refractivity (Wildman–Crippen MR) is 156 cm³/mol. The number of esters is 1. The number of carbonyl (C=O) groups excluding carboxylic acids is 1. The minimum atomic E-state index is -0.741. The number of thiazole rings is 1. The van der Waals surface area contributed by atoms with Gasteiger partial charge in [0.1, 0.15) is 24.1 Å². The van der Waals surface area contributed by atoms with Crippen molar-refractivity contribution < 1.29 is 19.0 Å². The highest BCUT2D eigenvalue weighted by atomic mass is 35.5. The number of nitrogens with zero attached hydrogens (tertiary/aromatic N) is 2. The van der Waals surface area contributed by atoms with Crippen LogP contribution in [0, 0.1) is 0 Å². The molecule has 0 N–H and O–H groups in total. The van der Waals surface area contributed by atoms with Crippen LogP contribution in [0.2, 0.25) is 5.02 Å². The van der Waals surface area contributed by atoms with Gasteiger partial charge in [-0.15, -0.1) is 0 Å². The average molecular weight is 575 g/mol. The zero-order valence-corrected chi connectivity index (χ0v) is 23.8. The number of rotatable bonds is 8. The Morgan fingerprint density at radius 3 is 2.52 bits per heavy atom. The zero-order valence-electron chi connectivity index (χ0n) is 22.2. The van der Waals surface area contributed by atoms with Crippen molar-refractivity contribution in [1.82, 2.24) is 4.57 Å². The molecule has 5 rings (SSSR count). The Balaban J connectivity index is 1.52. The molecule has 4 aromatic rings. The molecule has 0 fully saturated rings. The Morgan fingerprint density at radius 1 is 1.07 bits per heavy atom. The third-order valence-corrected chi connectivity index (χ3v) is 7.83. The van der Waals surface area contributed by atoms with Gasteiger partial charge in [0.15, 0.2) is 4.80 Å². The Labute approximate surface area is 240 Å². The van der Waals surface area contributed by atoms with Crippen molar-refractivity contribution in [1.29, 1.82) is 0 Å². The van der Waals surface area contributed by atoms with Crippen molar-refractivity contribution in [2.45, 2.75) is 26.5 Å². The largest absolute Gasteiger partial charge is 0.496 e. The number of hydrogen-bond donors (Lipinski definition) is 0. The minimum Gasteiger partial charge on any atom is -0.496 e. The van der Waals surface area contributed by atoms with Gasteiger partial charge in [-0.25, -0.2) is 9.79 Å². The van der Waals surface area contributed by atoms with Crippen LogP contribution in [0.3, 0.4) is 0 Å². The maximum Gasteiger partial charge on any atom is 0.338 e. The van der Waals surface area contributed by atoms with Crippen molar-refractivity contribution in [3.63, 3.8) is 0 Å². The Morgan fingerprint density at radius 2 is 1.80 bits per heavy atom. The fourth-order valence-corrected chi connectivity index (χ4v) is 5.80. The molecule has 0 radical (unpaired) electrons. The van der Waals surface area contributed by atoms with Crippen molar-refractivity contribution in [3.8, 4) is 11.5 Å². The number of aromatic nitrogens is 1. The lowest BCUT2D eigenvalue weighted by Gasteiger charge is -2.25. The Hall–Kier alpha value is -4.14. The number of benzene rings is 3. The Bertz CT molecular complexity index is 1770. The van der Waals surface area contributed by atoms with E-state index < -0.39 is 12.0 Å². The predicted octanol–water partition coefficient (Wildman–Crippen LogP) is 5.04. The van der Waals surface area contributed by atoms with Crippen LogP contribution in [0.25, 0.3) is 6.08 Å². The maximum atomic E-state index is 13.8. The summed E-state index contributed by atoms with van der Waals surface area (Å²) in [6.07, 6.45) is 1.81. The van der Waals surface area contributed by atoms with E-state index in [9.17, 15) is 9.59 Å². The van der Waals surface area contributed by atoms with E-state index in [-0.39, 0.29) is 12.2 Å². The van der Waals surface area contributed by atoms with E-state index in [0.29, 0.717) is 49.3 Å². The fourth-order valence-electron chi connectivity index (χ4n) is 4.57. The molecular formula is C31H27ClN2O5S. The van der Waals surface area contributed by atoms with E-state index in [1.165, 1.54) is 11.3 Å². The molecular weight excluding hydrogens is 548 g/mol. The molecule has 0 saturated carbocycles. The summed E-state index contributed by atoms with van der Waals surface area (Å²) in [7, 11) is 1.56. The minimum absolute atomic E-state index is 0.205. The molecule has 0 saturated heterocycles. The van der Waals surface area contributed by atoms with Crippen LogP contribution in [0.15, 0.2) is 93.9 Å². The molecule has 0 unspecified atom stereocenters. The lowest BCUT2D eigenvalue weighted by atomic mass is 9.95. The maximum absolute atomic E-state index is 13.8. The first-order chi connectivity index (χ1) is 19.4. The van der Waals surface area contributed by atoms with Gasteiger partial charge in [-0.05, 0) is 49.8 Å². The van der Waals surface area contributed by atoms with Crippen molar-refractivity contribution >= 4 is 35.0 Å². The number of fused-ring (bicyclic) bond motifs is 1. The van der Waals surface area contributed by atoms with Gasteiger partial charge in [-0.1, -0.05) is 71.5 Å². The topological polar surface area (TPSA) is 79.1 Å². The number of ether oxygens (including phenoxy) is 3. The van der Waals surface area contributed by atoms with Gasteiger partial charge in [-0.2, -0.15) is 0 Å². The molecule has 0 aliphatic carbocycles. The van der Waals surface area contributed by atoms with Crippen LogP contribution in [0.1, 0.15) is 36.6 Å². The average Bonchev–Trinajstić information content (AvgIpc) is 3.26. The summed E-state index contributed by atoms with van der Waals surface area (Å²) >= 11 is 7.49. The molecule has 0 bridgehead atoms. The van der Waals surface area contributed by atoms with Crippen LogP contribution in [0.5, 0.6) is 11.5 Å². The van der Waals surface area contributed by atoms with Crippen LogP contribution in [-0.2, 0) is 16.1 Å². The summed E-state index contributed by atoms with van der Waals surface area (Å²) in [4.78, 5) is 32.0. The van der Waals surface area contributed by atoms with Crippen LogP contribution in [-0.4, -0.2) is 24.3 Å². The van der Waals surface area contributed by atoms with Crippen molar-refractivity contribution in [3.05, 3.63) is 125 Å². The highest BCUT2D eigenvalue weighted by Gasteiger charge is 2.34. The number of para-hydroxylation sites is 1. The zero-order chi connectivity index (χ0) is 28.2. The smallest absolute Gasteiger partial charge is 0.338 e. The number of hydrogen-bond acceptors (Lipinski definition) is 7. The van der Waals surface area contributed by atoms with E-state index in [1.54, 1.807) is 31.6 Å². The lowest BCUT2D eigenvalue weighted by Crippen LogP contribution is -2.40. The van der Waals surface area contributed by atoms with Gasteiger partial charge < -0.3 is 14.2 Å². The summed E-state index contributed by atoms with van der Waals surface area (Å²) in [6.45, 7) is 4.06. The Kier molecular flexibility index (Phi) is 8.19. The first-order valence-corrected chi connectivity index (χ1v) is 13.9. The molecule has 1 aliphatic rings. The molecule has 2 heterocycles. The highest BCUT2D eigenvalue weighted by molar-refractivity contribution is 7.07. The monoisotopic (exact) mass is 574 g/mol. The summed E-state index contributed by atoms with van der Waals surface area (Å²) in [5.41, 5.74) is 2.96. The van der Waals surface area contributed by atoms with Crippen LogP contribution >= 0.6 is 22.9 Å². The van der Waals surface area contributed by atoms with Crippen LogP contribution in [0.4, 0.5) is 0 Å². The van der Waals surface area contributed by atoms with Gasteiger partial charge in [-0.3, -0.25) is 9.36 Å². The second-order valence-corrected chi connectivity index (χ2v) is 10.4.